The Morgan fingerprint density at radius 1 is 1.10 bits per heavy atom. The van der Waals surface area contributed by atoms with Gasteiger partial charge in [0.15, 0.2) is 0 Å². The highest BCUT2D eigenvalue weighted by atomic mass is 79.9. The monoisotopic (exact) mass is 547 g/mol. The van der Waals surface area contributed by atoms with Crippen LogP contribution in [0.5, 0.6) is 0 Å². The zero-order valence-corrected chi connectivity index (χ0v) is 21.1. The Morgan fingerprint density at radius 3 is 2.60 bits per heavy atom. The third kappa shape index (κ3) is 5.65. The molecular weight excluding hydrogens is 526 g/mol. The lowest BCUT2D eigenvalue weighted by molar-refractivity contribution is -0.118. The minimum atomic E-state index is -0.116. The molecule has 1 amide bonds. The molecule has 2 aromatic carbocycles. The molecule has 0 aliphatic carbocycles. The van der Waals surface area contributed by atoms with Gasteiger partial charge in [-0.1, -0.05) is 40.2 Å². The van der Waals surface area contributed by atoms with Crippen LogP contribution in [0.3, 0.4) is 0 Å². The van der Waals surface area contributed by atoms with Gasteiger partial charge in [-0.3, -0.25) is 4.79 Å². The molecule has 156 valence electrons. The maximum absolute atomic E-state index is 12.1. The number of amides is 1. The highest BCUT2D eigenvalue weighted by Gasteiger charge is 2.15. The number of rotatable bonds is 7. The van der Waals surface area contributed by atoms with Crippen molar-refractivity contribution in [2.45, 2.75) is 26.5 Å². The van der Waals surface area contributed by atoms with E-state index >= 15 is 0 Å². The van der Waals surface area contributed by atoms with Crippen molar-refractivity contribution in [3.63, 3.8) is 0 Å². The first-order valence-electron chi connectivity index (χ1n) is 9.45. The number of aryl methyl sites for hydroxylation is 1. The molecule has 0 radical (unpaired) electrons. The van der Waals surface area contributed by atoms with Gasteiger partial charge in [-0.05, 0) is 72.1 Å². The van der Waals surface area contributed by atoms with E-state index in [1.807, 2.05) is 12.1 Å². The summed E-state index contributed by atoms with van der Waals surface area (Å²) in [6, 6.07) is 16.5. The molecule has 30 heavy (non-hydrogen) atoms. The van der Waals surface area contributed by atoms with Crippen molar-refractivity contribution in [3.8, 4) is 5.69 Å². The molecule has 0 spiro atoms. The third-order valence-corrected chi connectivity index (χ3v) is 7.15. The van der Waals surface area contributed by atoms with Gasteiger partial charge in [0.1, 0.15) is 0 Å². The van der Waals surface area contributed by atoms with Crippen LogP contribution >= 0.6 is 43.6 Å². The lowest BCUT2D eigenvalue weighted by atomic mass is 10.2. The van der Waals surface area contributed by atoms with Crippen molar-refractivity contribution in [3.05, 3.63) is 85.6 Å². The van der Waals surface area contributed by atoms with Crippen LogP contribution in [-0.4, -0.2) is 22.4 Å². The SMILES string of the molecule is Cc1cccc(-n2c(C)c(Br)c(/C=N\NC(=O)CSCc3cccc(Br)c3)c2C)c1. The molecule has 7 heteroatoms. The van der Waals surface area contributed by atoms with Crippen molar-refractivity contribution < 1.29 is 4.79 Å². The smallest absolute Gasteiger partial charge is 0.250 e. The zero-order chi connectivity index (χ0) is 21.7. The average molecular weight is 549 g/mol. The summed E-state index contributed by atoms with van der Waals surface area (Å²) in [5.74, 6) is 1.02. The lowest BCUT2D eigenvalue weighted by Crippen LogP contribution is -2.19. The summed E-state index contributed by atoms with van der Waals surface area (Å²) in [6.45, 7) is 6.20. The molecule has 1 aromatic heterocycles. The fraction of sp³-hybridized carbons (Fsp3) is 0.217. The predicted molar refractivity (Wildman–Crippen MR) is 134 cm³/mol. The third-order valence-electron chi connectivity index (χ3n) is 4.65. The molecule has 0 aliphatic heterocycles. The van der Waals surface area contributed by atoms with Crippen molar-refractivity contribution in [1.82, 2.24) is 9.99 Å². The summed E-state index contributed by atoms with van der Waals surface area (Å²) in [5, 5.41) is 4.18. The number of carbonyl (C=O) groups is 1. The van der Waals surface area contributed by atoms with E-state index < -0.39 is 0 Å². The highest BCUT2D eigenvalue weighted by Crippen LogP contribution is 2.29. The van der Waals surface area contributed by atoms with Gasteiger partial charge < -0.3 is 4.57 Å². The number of hydrazone groups is 1. The van der Waals surface area contributed by atoms with E-state index in [1.54, 1.807) is 18.0 Å². The number of carbonyl (C=O) groups excluding carboxylic acids is 1. The minimum absolute atomic E-state index is 0.116. The zero-order valence-electron chi connectivity index (χ0n) is 17.1. The number of benzene rings is 2. The normalized spacial score (nSPS) is 11.2. The number of thioether (sulfide) groups is 1. The molecule has 3 rings (SSSR count). The van der Waals surface area contributed by atoms with Crippen molar-refractivity contribution >= 4 is 55.7 Å². The maximum atomic E-state index is 12.1. The summed E-state index contributed by atoms with van der Waals surface area (Å²) in [6.07, 6.45) is 1.70. The fourth-order valence-corrected chi connectivity index (χ4v) is 5.00. The molecule has 0 bridgehead atoms. The number of hydrogen-bond acceptors (Lipinski definition) is 3. The lowest BCUT2D eigenvalue weighted by Gasteiger charge is -2.10. The van der Waals surface area contributed by atoms with Crippen LogP contribution in [0.25, 0.3) is 5.69 Å². The second-order valence-electron chi connectivity index (χ2n) is 6.99. The van der Waals surface area contributed by atoms with E-state index in [2.05, 4.69) is 104 Å². The Kier molecular flexibility index (Phi) is 7.97. The van der Waals surface area contributed by atoms with Crippen LogP contribution < -0.4 is 5.43 Å². The molecule has 0 aliphatic rings. The van der Waals surface area contributed by atoms with Crippen LogP contribution in [0.4, 0.5) is 0 Å². The van der Waals surface area contributed by atoms with E-state index in [0.717, 1.165) is 37.3 Å². The summed E-state index contributed by atoms with van der Waals surface area (Å²) >= 11 is 8.70. The second kappa shape index (κ2) is 10.5. The Hall–Kier alpha value is -1.83. The van der Waals surface area contributed by atoms with Gasteiger partial charge in [-0.15, -0.1) is 11.8 Å². The number of nitrogens with zero attached hydrogens (tertiary/aromatic N) is 2. The second-order valence-corrected chi connectivity index (χ2v) is 9.68. The molecule has 1 N–H and O–H groups in total. The molecule has 0 saturated heterocycles. The Labute approximate surface area is 198 Å². The van der Waals surface area contributed by atoms with Crippen LogP contribution in [0.2, 0.25) is 0 Å². The van der Waals surface area contributed by atoms with Crippen molar-refractivity contribution in [2.75, 3.05) is 5.75 Å². The van der Waals surface area contributed by atoms with Crippen LogP contribution in [0.15, 0.2) is 62.6 Å². The largest absolute Gasteiger partial charge is 0.317 e. The first kappa shape index (κ1) is 22.8. The molecule has 0 atom stereocenters. The van der Waals surface area contributed by atoms with Gasteiger partial charge in [-0.2, -0.15) is 5.10 Å². The number of hydrogen-bond donors (Lipinski definition) is 1. The summed E-state index contributed by atoms with van der Waals surface area (Å²) in [7, 11) is 0. The standard InChI is InChI=1S/C23H23Br2N3OS/c1-15-6-4-9-20(10-15)28-16(2)21(23(25)17(28)3)12-26-27-22(29)14-30-13-18-7-5-8-19(24)11-18/h4-12H,13-14H2,1-3H3,(H,27,29)/b26-12-. The van der Waals surface area contributed by atoms with Gasteiger partial charge in [-0.25, -0.2) is 5.43 Å². The summed E-state index contributed by atoms with van der Waals surface area (Å²) in [4.78, 5) is 12.1. The van der Waals surface area contributed by atoms with Crippen LogP contribution in [0, 0.1) is 20.8 Å². The van der Waals surface area contributed by atoms with Gasteiger partial charge in [0.25, 0.3) is 0 Å². The van der Waals surface area contributed by atoms with Crippen molar-refractivity contribution in [2.24, 2.45) is 5.10 Å². The summed E-state index contributed by atoms with van der Waals surface area (Å²) in [5.41, 5.74) is 9.24. The van der Waals surface area contributed by atoms with E-state index in [4.69, 9.17) is 0 Å². The fourth-order valence-electron chi connectivity index (χ4n) is 3.22. The number of nitrogens with one attached hydrogen (secondary N) is 1. The average Bonchev–Trinajstić information content (AvgIpc) is 2.91. The van der Waals surface area contributed by atoms with E-state index in [1.165, 1.54) is 11.1 Å². The topological polar surface area (TPSA) is 46.4 Å². The van der Waals surface area contributed by atoms with Gasteiger partial charge in [0.2, 0.25) is 5.91 Å². The van der Waals surface area contributed by atoms with E-state index in [0.29, 0.717) is 5.75 Å². The summed E-state index contributed by atoms with van der Waals surface area (Å²) < 4.78 is 4.21. The molecule has 3 aromatic rings. The maximum Gasteiger partial charge on any atom is 0.250 e. The number of aromatic nitrogens is 1. The Morgan fingerprint density at radius 2 is 1.87 bits per heavy atom. The Balaban J connectivity index is 1.62. The van der Waals surface area contributed by atoms with E-state index in [9.17, 15) is 4.79 Å². The van der Waals surface area contributed by atoms with Crippen molar-refractivity contribution in [1.29, 1.82) is 0 Å². The first-order valence-corrected chi connectivity index (χ1v) is 12.2. The van der Waals surface area contributed by atoms with Gasteiger partial charge in [0.05, 0.1) is 12.0 Å². The van der Waals surface area contributed by atoms with E-state index in [-0.39, 0.29) is 5.91 Å². The minimum Gasteiger partial charge on any atom is -0.317 e. The Bertz CT molecular complexity index is 1090. The molecule has 0 fully saturated rings. The molecule has 1 heterocycles. The first-order chi connectivity index (χ1) is 14.4. The molecule has 4 nitrogen and oxygen atoms in total. The van der Waals surface area contributed by atoms with Gasteiger partial charge in [0, 0.05) is 37.3 Å². The van der Waals surface area contributed by atoms with Crippen LogP contribution in [-0.2, 0) is 10.5 Å². The van der Waals surface area contributed by atoms with Crippen LogP contribution in [0.1, 0.15) is 28.1 Å². The predicted octanol–water partition coefficient (Wildman–Crippen LogP) is 6.31. The quantitative estimate of drug-likeness (QED) is 0.278. The molecule has 0 saturated carbocycles. The highest BCUT2D eigenvalue weighted by molar-refractivity contribution is 9.10. The molecule has 0 unspecified atom stereocenters. The number of halogens is 2. The molecular formula is C23H23Br2N3OS. The van der Waals surface area contributed by atoms with Gasteiger partial charge >= 0.3 is 0 Å².